The van der Waals surface area contributed by atoms with Crippen molar-refractivity contribution in [2.75, 3.05) is 18.6 Å². The summed E-state index contributed by atoms with van der Waals surface area (Å²) in [6.45, 7) is 7.94. The average molecular weight is 504 g/mol. The van der Waals surface area contributed by atoms with Crippen LogP contribution in [0.2, 0.25) is 0 Å². The summed E-state index contributed by atoms with van der Waals surface area (Å²) in [5, 5.41) is 17.5. The van der Waals surface area contributed by atoms with Crippen molar-refractivity contribution in [1.29, 1.82) is 0 Å². The van der Waals surface area contributed by atoms with Crippen LogP contribution in [0.5, 0.6) is 0 Å². The second-order valence-electron chi connectivity index (χ2n) is 9.13. The second kappa shape index (κ2) is 17.6. The molecule has 0 aromatic carbocycles. The summed E-state index contributed by atoms with van der Waals surface area (Å²) in [4.78, 5) is 50.2. The molecule has 8 N–H and O–H groups in total. The molecule has 0 saturated carbocycles. The maximum atomic E-state index is 13.1. The summed E-state index contributed by atoms with van der Waals surface area (Å²) >= 11 is 1.53. The van der Waals surface area contributed by atoms with Crippen molar-refractivity contribution >= 4 is 35.5 Å². The summed E-state index contributed by atoms with van der Waals surface area (Å²) < 4.78 is 0. The third-order valence-corrected chi connectivity index (χ3v) is 6.31. The predicted octanol–water partition coefficient (Wildman–Crippen LogP) is 0.827. The topological polar surface area (TPSA) is 177 Å². The third kappa shape index (κ3) is 12.6. The maximum absolute atomic E-state index is 13.1. The largest absolute Gasteiger partial charge is 0.480 e. The molecule has 0 fully saturated rings. The van der Waals surface area contributed by atoms with Gasteiger partial charge >= 0.3 is 5.97 Å². The van der Waals surface area contributed by atoms with E-state index in [0.29, 0.717) is 50.8 Å². The van der Waals surface area contributed by atoms with Crippen LogP contribution in [0, 0.1) is 11.8 Å². The van der Waals surface area contributed by atoms with Gasteiger partial charge < -0.3 is 32.5 Å². The molecule has 5 unspecified atom stereocenters. The van der Waals surface area contributed by atoms with E-state index in [9.17, 15) is 24.3 Å². The summed E-state index contributed by atoms with van der Waals surface area (Å²) in [5.41, 5.74) is 11.5. The number of nitrogens with one attached hydrogen (secondary N) is 3. The van der Waals surface area contributed by atoms with Crippen molar-refractivity contribution in [3.8, 4) is 0 Å². The molecular formula is C23H45N5O5S. The van der Waals surface area contributed by atoms with Crippen LogP contribution in [0.15, 0.2) is 0 Å². The highest BCUT2D eigenvalue weighted by molar-refractivity contribution is 7.98. The zero-order valence-corrected chi connectivity index (χ0v) is 22.1. The number of hydrogen-bond acceptors (Lipinski definition) is 7. The Bertz CT molecular complexity index is 649. The fraction of sp³-hybridized carbons (Fsp3) is 0.826. The number of unbranched alkanes of at least 4 members (excludes halogenated alkanes) is 1. The number of hydrogen-bond donors (Lipinski definition) is 6. The van der Waals surface area contributed by atoms with Crippen molar-refractivity contribution in [2.45, 2.75) is 90.4 Å². The van der Waals surface area contributed by atoms with Crippen molar-refractivity contribution in [3.05, 3.63) is 0 Å². The van der Waals surface area contributed by atoms with Crippen molar-refractivity contribution in [3.63, 3.8) is 0 Å². The molecule has 0 bridgehead atoms. The Balaban J connectivity index is 5.50. The molecule has 198 valence electrons. The van der Waals surface area contributed by atoms with Gasteiger partial charge in [-0.15, -0.1) is 0 Å². The van der Waals surface area contributed by atoms with Crippen LogP contribution < -0.4 is 27.4 Å². The first-order chi connectivity index (χ1) is 16.0. The van der Waals surface area contributed by atoms with Gasteiger partial charge in [0.05, 0.1) is 6.04 Å². The van der Waals surface area contributed by atoms with E-state index in [0.717, 1.165) is 0 Å². The van der Waals surface area contributed by atoms with E-state index >= 15 is 0 Å². The predicted molar refractivity (Wildman–Crippen MR) is 136 cm³/mol. The van der Waals surface area contributed by atoms with Crippen LogP contribution in [0.25, 0.3) is 0 Å². The van der Waals surface area contributed by atoms with Crippen LogP contribution >= 0.6 is 11.8 Å². The molecule has 0 spiro atoms. The first-order valence-electron chi connectivity index (χ1n) is 12.1. The van der Waals surface area contributed by atoms with Gasteiger partial charge in [0.2, 0.25) is 17.7 Å². The Labute approximate surface area is 208 Å². The first-order valence-corrected chi connectivity index (χ1v) is 13.5. The van der Waals surface area contributed by atoms with E-state index in [2.05, 4.69) is 16.0 Å². The van der Waals surface area contributed by atoms with Crippen molar-refractivity contribution in [2.24, 2.45) is 23.3 Å². The summed E-state index contributed by atoms with van der Waals surface area (Å²) in [5.74, 6) is -2.04. The Hall–Kier alpha value is -1.85. The molecule has 3 amide bonds. The van der Waals surface area contributed by atoms with Crippen LogP contribution in [0.4, 0.5) is 0 Å². The number of carbonyl (C=O) groups excluding carboxylic acids is 3. The molecular weight excluding hydrogens is 458 g/mol. The fourth-order valence-electron chi connectivity index (χ4n) is 3.37. The Morgan fingerprint density at radius 1 is 0.912 bits per heavy atom. The first kappa shape index (κ1) is 32.1. The number of aliphatic carboxylic acids is 1. The van der Waals surface area contributed by atoms with E-state index in [1.54, 1.807) is 6.92 Å². The van der Waals surface area contributed by atoms with Crippen molar-refractivity contribution in [1.82, 2.24) is 16.0 Å². The molecule has 5 atom stereocenters. The standard InChI is InChI=1S/C23H45N5O5S/c1-6-15(4)19(23(32)33)28-22(31)17(9-7-8-11-24)27-21(30)18(10-12-34-5)26-20(29)16(25)13-14(2)3/h14-19H,6-13,24-25H2,1-5H3,(H,26,29)(H,27,30)(H,28,31)(H,32,33). The molecule has 0 aromatic rings. The minimum atomic E-state index is -1.13. The summed E-state index contributed by atoms with van der Waals surface area (Å²) in [7, 11) is 0. The Morgan fingerprint density at radius 3 is 1.97 bits per heavy atom. The molecule has 34 heavy (non-hydrogen) atoms. The summed E-state index contributed by atoms with van der Waals surface area (Å²) in [6, 6.07) is -3.59. The molecule has 0 saturated heterocycles. The number of nitrogens with two attached hydrogens (primary N) is 2. The lowest BCUT2D eigenvalue weighted by Crippen LogP contribution is -2.57. The Morgan fingerprint density at radius 2 is 1.47 bits per heavy atom. The van der Waals surface area contributed by atoms with Crippen LogP contribution in [0.3, 0.4) is 0 Å². The monoisotopic (exact) mass is 503 g/mol. The van der Waals surface area contributed by atoms with E-state index < -0.39 is 47.9 Å². The zero-order chi connectivity index (χ0) is 26.3. The number of amides is 3. The van der Waals surface area contributed by atoms with Crippen LogP contribution in [0.1, 0.15) is 66.2 Å². The highest BCUT2D eigenvalue weighted by Gasteiger charge is 2.31. The van der Waals surface area contributed by atoms with E-state index in [1.807, 2.05) is 27.0 Å². The molecule has 10 nitrogen and oxygen atoms in total. The highest BCUT2D eigenvalue weighted by atomic mass is 32.2. The lowest BCUT2D eigenvalue weighted by atomic mass is 9.98. The molecule has 0 aliphatic heterocycles. The van der Waals surface area contributed by atoms with Gasteiger partial charge in [-0.2, -0.15) is 11.8 Å². The zero-order valence-electron chi connectivity index (χ0n) is 21.3. The normalized spacial score (nSPS) is 15.6. The van der Waals surface area contributed by atoms with E-state index in [4.69, 9.17) is 11.5 Å². The van der Waals surface area contributed by atoms with E-state index in [1.165, 1.54) is 11.8 Å². The van der Waals surface area contributed by atoms with Gasteiger partial charge in [0.15, 0.2) is 0 Å². The molecule has 11 heteroatoms. The van der Waals surface area contributed by atoms with Crippen LogP contribution in [-0.2, 0) is 19.2 Å². The fourth-order valence-corrected chi connectivity index (χ4v) is 3.84. The molecule has 0 radical (unpaired) electrons. The SMILES string of the molecule is CCC(C)C(NC(=O)C(CCCCN)NC(=O)C(CCSC)NC(=O)C(N)CC(C)C)C(=O)O. The lowest BCUT2D eigenvalue weighted by Gasteiger charge is -2.26. The molecule has 0 aliphatic carbocycles. The molecule has 0 aliphatic rings. The number of thioether (sulfide) groups is 1. The van der Waals surface area contributed by atoms with Crippen molar-refractivity contribution < 1.29 is 24.3 Å². The molecule has 0 aromatic heterocycles. The second-order valence-corrected chi connectivity index (χ2v) is 10.1. The lowest BCUT2D eigenvalue weighted by molar-refractivity contribution is -0.144. The minimum absolute atomic E-state index is 0.225. The number of carboxylic acid groups (broad SMARTS) is 1. The number of carboxylic acids is 1. The molecule has 0 heterocycles. The van der Waals surface area contributed by atoms with Gasteiger partial charge in [0, 0.05) is 0 Å². The van der Waals surface area contributed by atoms with Gasteiger partial charge in [-0.25, -0.2) is 4.79 Å². The van der Waals surface area contributed by atoms with Gasteiger partial charge in [-0.3, -0.25) is 14.4 Å². The highest BCUT2D eigenvalue weighted by Crippen LogP contribution is 2.11. The van der Waals surface area contributed by atoms with Gasteiger partial charge in [-0.05, 0) is 62.5 Å². The number of carbonyl (C=O) groups is 4. The van der Waals surface area contributed by atoms with E-state index in [-0.39, 0.29) is 11.8 Å². The number of rotatable bonds is 18. The maximum Gasteiger partial charge on any atom is 0.326 e. The van der Waals surface area contributed by atoms with Gasteiger partial charge in [0.1, 0.15) is 18.1 Å². The quantitative estimate of drug-likeness (QED) is 0.149. The average Bonchev–Trinajstić information content (AvgIpc) is 2.77. The Kier molecular flexibility index (Phi) is 16.6. The molecule has 0 rings (SSSR count). The van der Waals surface area contributed by atoms with Crippen LogP contribution in [-0.4, -0.2) is 71.5 Å². The smallest absolute Gasteiger partial charge is 0.326 e. The van der Waals surface area contributed by atoms with Gasteiger partial charge in [0.25, 0.3) is 0 Å². The summed E-state index contributed by atoms with van der Waals surface area (Å²) in [6.07, 6.45) is 4.86. The minimum Gasteiger partial charge on any atom is -0.480 e. The third-order valence-electron chi connectivity index (χ3n) is 5.66. The van der Waals surface area contributed by atoms with Gasteiger partial charge in [-0.1, -0.05) is 34.1 Å².